The first-order valence-electron chi connectivity index (χ1n) is 11.2. The Labute approximate surface area is 197 Å². The number of nitrogens with one attached hydrogen (secondary N) is 1. The number of benzene rings is 3. The van der Waals surface area contributed by atoms with Gasteiger partial charge in [0.15, 0.2) is 0 Å². The van der Waals surface area contributed by atoms with Gasteiger partial charge >= 0.3 is 0 Å². The second-order valence-corrected chi connectivity index (χ2v) is 8.55. The largest absolute Gasteiger partial charge is 0.334 e. The molecule has 0 saturated carbocycles. The van der Waals surface area contributed by atoms with E-state index >= 15 is 0 Å². The molecule has 0 aliphatic carbocycles. The van der Waals surface area contributed by atoms with Crippen molar-refractivity contribution in [2.24, 2.45) is 5.92 Å². The van der Waals surface area contributed by atoms with Gasteiger partial charge in [0.05, 0.1) is 5.92 Å². The molecule has 0 radical (unpaired) electrons. The van der Waals surface area contributed by atoms with Crippen LogP contribution in [0.4, 0.5) is 11.4 Å². The Kier molecular flexibility index (Phi) is 5.67. The van der Waals surface area contributed by atoms with Crippen LogP contribution in [-0.2, 0) is 9.59 Å². The van der Waals surface area contributed by atoms with E-state index < -0.39 is 5.92 Å². The lowest BCUT2D eigenvalue weighted by molar-refractivity contribution is -0.122. The minimum absolute atomic E-state index is 0.0365. The highest BCUT2D eigenvalue weighted by Gasteiger charge is 2.35. The topological polar surface area (TPSA) is 88.3 Å². The van der Waals surface area contributed by atoms with Gasteiger partial charge < -0.3 is 14.7 Å². The molecule has 1 aliphatic heterocycles. The number of rotatable bonds is 5. The summed E-state index contributed by atoms with van der Waals surface area (Å²) < 4.78 is 5.43. The molecule has 1 saturated heterocycles. The molecule has 1 fully saturated rings. The molecule has 1 unspecified atom stereocenters. The second-order valence-electron chi connectivity index (χ2n) is 8.55. The van der Waals surface area contributed by atoms with Gasteiger partial charge in [-0.25, -0.2) is 0 Å². The SMILES string of the molecule is Cc1cccc(-c2noc(-c3ccc(NC(=O)C4CC(=O)N(c5ccccc5C)C4)cc3)n2)c1. The van der Waals surface area contributed by atoms with E-state index in [4.69, 9.17) is 4.52 Å². The minimum atomic E-state index is -0.403. The summed E-state index contributed by atoms with van der Waals surface area (Å²) in [5, 5.41) is 7.00. The van der Waals surface area contributed by atoms with Crippen LogP contribution in [0.1, 0.15) is 17.5 Å². The first-order chi connectivity index (χ1) is 16.5. The molecule has 0 spiro atoms. The number of aromatic nitrogens is 2. The Balaban J connectivity index is 1.25. The lowest BCUT2D eigenvalue weighted by atomic mass is 10.1. The van der Waals surface area contributed by atoms with E-state index in [9.17, 15) is 9.59 Å². The van der Waals surface area contributed by atoms with Crippen LogP contribution in [0.5, 0.6) is 0 Å². The first kappa shape index (κ1) is 21.6. The van der Waals surface area contributed by atoms with Gasteiger partial charge in [-0.2, -0.15) is 4.98 Å². The molecule has 3 aromatic carbocycles. The van der Waals surface area contributed by atoms with Crippen molar-refractivity contribution >= 4 is 23.2 Å². The number of aryl methyl sites for hydroxylation is 2. The number of nitrogens with zero attached hydrogens (tertiary/aromatic N) is 3. The Bertz CT molecular complexity index is 1360. The number of hydrogen-bond acceptors (Lipinski definition) is 5. The smallest absolute Gasteiger partial charge is 0.258 e. The average Bonchev–Trinajstić information content (AvgIpc) is 3.47. The number of carbonyl (C=O) groups excluding carboxylic acids is 2. The first-order valence-corrected chi connectivity index (χ1v) is 11.2. The summed E-state index contributed by atoms with van der Waals surface area (Å²) in [5.41, 5.74) is 5.29. The molecule has 5 rings (SSSR count). The highest BCUT2D eigenvalue weighted by Crippen LogP contribution is 2.29. The summed E-state index contributed by atoms with van der Waals surface area (Å²) in [6.07, 6.45) is 0.196. The van der Waals surface area contributed by atoms with Gasteiger partial charge in [0, 0.05) is 35.5 Å². The van der Waals surface area contributed by atoms with Crippen LogP contribution in [0.2, 0.25) is 0 Å². The fourth-order valence-electron chi connectivity index (χ4n) is 4.16. The van der Waals surface area contributed by atoms with Gasteiger partial charge in [-0.05, 0) is 55.8 Å². The summed E-state index contributed by atoms with van der Waals surface area (Å²) in [7, 11) is 0. The summed E-state index contributed by atoms with van der Waals surface area (Å²) in [5.74, 6) is 0.326. The standard InChI is InChI=1S/C27H24N4O3/c1-17-6-5-8-20(14-17)25-29-27(34-30-25)19-10-12-22(13-11-19)28-26(33)21-15-24(32)31(16-21)23-9-4-3-7-18(23)2/h3-14,21H,15-16H2,1-2H3,(H,28,33). The maximum atomic E-state index is 12.8. The zero-order valence-corrected chi connectivity index (χ0v) is 19.0. The van der Waals surface area contributed by atoms with E-state index in [0.29, 0.717) is 23.9 Å². The van der Waals surface area contributed by atoms with Crippen LogP contribution in [0.15, 0.2) is 77.3 Å². The van der Waals surface area contributed by atoms with Crippen molar-refractivity contribution in [2.75, 3.05) is 16.8 Å². The van der Waals surface area contributed by atoms with Crippen molar-refractivity contribution in [3.05, 3.63) is 83.9 Å². The van der Waals surface area contributed by atoms with Gasteiger partial charge in [0.2, 0.25) is 17.6 Å². The molecule has 1 atom stereocenters. The molecule has 170 valence electrons. The van der Waals surface area contributed by atoms with E-state index in [-0.39, 0.29) is 18.2 Å². The Morgan fingerprint density at radius 1 is 1.00 bits per heavy atom. The van der Waals surface area contributed by atoms with E-state index in [0.717, 1.165) is 27.9 Å². The zero-order valence-electron chi connectivity index (χ0n) is 19.0. The molecule has 1 aliphatic rings. The number of carbonyl (C=O) groups is 2. The van der Waals surface area contributed by atoms with Crippen LogP contribution in [0.3, 0.4) is 0 Å². The van der Waals surface area contributed by atoms with Crippen LogP contribution in [-0.4, -0.2) is 28.5 Å². The normalized spacial score (nSPS) is 15.5. The second kappa shape index (κ2) is 8.94. The van der Waals surface area contributed by atoms with Crippen molar-refractivity contribution in [3.63, 3.8) is 0 Å². The molecule has 0 bridgehead atoms. The van der Waals surface area contributed by atoms with E-state index in [2.05, 4.69) is 15.5 Å². The van der Waals surface area contributed by atoms with E-state index in [1.165, 1.54) is 0 Å². The van der Waals surface area contributed by atoms with Crippen LogP contribution < -0.4 is 10.2 Å². The summed E-state index contributed by atoms with van der Waals surface area (Å²) in [6, 6.07) is 22.8. The van der Waals surface area contributed by atoms with Crippen molar-refractivity contribution < 1.29 is 14.1 Å². The van der Waals surface area contributed by atoms with Crippen molar-refractivity contribution in [3.8, 4) is 22.8 Å². The molecule has 7 heteroatoms. The molecule has 1 N–H and O–H groups in total. The Morgan fingerprint density at radius 3 is 2.56 bits per heavy atom. The molecule has 4 aromatic rings. The molecule has 34 heavy (non-hydrogen) atoms. The van der Waals surface area contributed by atoms with Gasteiger partial charge in [-0.3, -0.25) is 9.59 Å². The fourth-order valence-corrected chi connectivity index (χ4v) is 4.16. The number of amides is 2. The number of para-hydroxylation sites is 1. The quantitative estimate of drug-likeness (QED) is 0.460. The van der Waals surface area contributed by atoms with Gasteiger partial charge in [0.1, 0.15) is 0 Å². The average molecular weight is 453 g/mol. The van der Waals surface area contributed by atoms with Gasteiger partial charge in [-0.15, -0.1) is 0 Å². The van der Waals surface area contributed by atoms with Crippen molar-refractivity contribution in [1.29, 1.82) is 0 Å². The minimum Gasteiger partial charge on any atom is -0.334 e. The predicted octanol–water partition coefficient (Wildman–Crippen LogP) is 5.01. The zero-order chi connectivity index (χ0) is 23.7. The summed E-state index contributed by atoms with van der Waals surface area (Å²) >= 11 is 0. The lowest BCUT2D eigenvalue weighted by Crippen LogP contribution is -2.28. The molecule has 7 nitrogen and oxygen atoms in total. The van der Waals surface area contributed by atoms with Crippen LogP contribution in [0, 0.1) is 19.8 Å². The third-order valence-corrected chi connectivity index (χ3v) is 6.00. The predicted molar refractivity (Wildman–Crippen MR) is 130 cm³/mol. The molecule has 1 aromatic heterocycles. The summed E-state index contributed by atoms with van der Waals surface area (Å²) in [4.78, 5) is 31.6. The maximum Gasteiger partial charge on any atom is 0.258 e. The maximum absolute atomic E-state index is 12.8. The lowest BCUT2D eigenvalue weighted by Gasteiger charge is -2.19. The summed E-state index contributed by atoms with van der Waals surface area (Å²) in [6.45, 7) is 4.35. The van der Waals surface area contributed by atoms with E-state index in [1.54, 1.807) is 17.0 Å². The molecular weight excluding hydrogens is 428 g/mol. The molecule has 2 amide bonds. The number of hydrogen-bond donors (Lipinski definition) is 1. The Hall–Kier alpha value is -4.26. The third-order valence-electron chi connectivity index (χ3n) is 6.00. The Morgan fingerprint density at radius 2 is 1.79 bits per heavy atom. The molecule has 2 heterocycles. The van der Waals surface area contributed by atoms with E-state index in [1.807, 2.05) is 74.5 Å². The monoisotopic (exact) mass is 452 g/mol. The van der Waals surface area contributed by atoms with Gasteiger partial charge in [-0.1, -0.05) is 47.1 Å². The highest BCUT2D eigenvalue weighted by atomic mass is 16.5. The van der Waals surface area contributed by atoms with Crippen LogP contribution in [0.25, 0.3) is 22.8 Å². The highest BCUT2D eigenvalue weighted by molar-refractivity contribution is 6.03. The van der Waals surface area contributed by atoms with Crippen molar-refractivity contribution in [1.82, 2.24) is 10.1 Å². The van der Waals surface area contributed by atoms with Crippen LogP contribution >= 0.6 is 0 Å². The third kappa shape index (κ3) is 4.32. The molecular formula is C27H24N4O3. The number of anilines is 2. The van der Waals surface area contributed by atoms with Crippen molar-refractivity contribution in [2.45, 2.75) is 20.3 Å². The van der Waals surface area contributed by atoms with Gasteiger partial charge in [0.25, 0.3) is 5.89 Å². The fraction of sp³-hybridized carbons (Fsp3) is 0.185.